The molecule has 0 saturated carbocycles. The molecule has 320 valence electrons. The summed E-state index contributed by atoms with van der Waals surface area (Å²) in [6.07, 6.45) is 4.14. The number of aromatic amines is 2. The quantitative estimate of drug-likeness (QED) is 0.107. The number of benzene rings is 3. The normalized spacial score (nSPS) is 17.6. The van der Waals surface area contributed by atoms with Crippen LogP contribution in [0, 0.1) is 11.8 Å². The maximum atomic E-state index is 13.6. The number of nitrogens with one attached hydrogen (secondary N) is 3. The van der Waals surface area contributed by atoms with Crippen LogP contribution in [0.25, 0.3) is 34.2 Å². The minimum atomic E-state index is -4.46. The molecule has 0 unspecified atom stereocenters. The Morgan fingerprint density at radius 1 is 0.787 bits per heavy atom. The monoisotopic (exact) mass is 835 g/mol. The highest BCUT2D eigenvalue weighted by Gasteiger charge is 2.38. The number of halogens is 3. The number of aromatic nitrogens is 4. The van der Waals surface area contributed by atoms with E-state index in [-0.39, 0.29) is 35.7 Å². The summed E-state index contributed by atoms with van der Waals surface area (Å²) in [7, 11) is 1.26. The van der Waals surface area contributed by atoms with E-state index in [2.05, 4.69) is 25.3 Å². The Kier molecular flexibility index (Phi) is 12.8. The molecule has 2 aromatic heterocycles. The zero-order chi connectivity index (χ0) is 43.4. The molecule has 0 aliphatic carbocycles. The molecular weight excluding hydrogens is 784 g/mol. The molecule has 3 amide bonds. The van der Waals surface area contributed by atoms with Crippen molar-refractivity contribution in [2.24, 2.45) is 11.8 Å². The number of carbonyl (C=O) groups excluding carboxylic acids is 3. The van der Waals surface area contributed by atoms with Crippen LogP contribution in [0.2, 0.25) is 0 Å². The second kappa shape index (κ2) is 18.2. The zero-order valence-electron chi connectivity index (χ0n) is 35.1. The molecule has 2 aliphatic rings. The molecule has 3 aromatic carbocycles. The van der Waals surface area contributed by atoms with Gasteiger partial charge in [0.1, 0.15) is 17.7 Å². The second-order valence-electron chi connectivity index (χ2n) is 16.6. The second-order valence-corrected chi connectivity index (χ2v) is 16.6. The number of ether oxygens (including phenoxy) is 1. The molecule has 3 N–H and O–H groups in total. The number of amides is 3. The predicted molar refractivity (Wildman–Crippen MR) is 227 cm³/mol. The average Bonchev–Trinajstić information content (AvgIpc) is 4.08. The van der Waals surface area contributed by atoms with Gasteiger partial charge in [-0.05, 0) is 89.1 Å². The number of alkyl carbamates (subject to hydrolysis) is 1. The van der Waals surface area contributed by atoms with Gasteiger partial charge < -0.3 is 29.8 Å². The lowest BCUT2D eigenvalue weighted by Crippen LogP contribution is -2.51. The van der Waals surface area contributed by atoms with Crippen molar-refractivity contribution < 1.29 is 32.3 Å². The molecular formula is C47H52F3N7O4. The lowest BCUT2D eigenvalue weighted by Gasteiger charge is -2.30. The zero-order valence-corrected chi connectivity index (χ0v) is 35.1. The minimum Gasteiger partial charge on any atom is -0.453 e. The van der Waals surface area contributed by atoms with E-state index in [4.69, 9.17) is 4.74 Å². The third-order valence-corrected chi connectivity index (χ3v) is 11.5. The number of hydrogen-bond donors (Lipinski definition) is 3. The van der Waals surface area contributed by atoms with Gasteiger partial charge in [0.2, 0.25) is 11.8 Å². The van der Waals surface area contributed by atoms with Crippen molar-refractivity contribution in [3.05, 3.63) is 119 Å². The van der Waals surface area contributed by atoms with Crippen LogP contribution in [0.4, 0.5) is 18.0 Å². The largest absolute Gasteiger partial charge is 0.453 e. The molecule has 2 aliphatic heterocycles. The summed E-state index contributed by atoms with van der Waals surface area (Å²) in [6.45, 7) is 9.09. The Labute approximate surface area is 353 Å². The summed E-state index contributed by atoms with van der Waals surface area (Å²) in [5, 5.41) is 2.67. The fourth-order valence-corrected chi connectivity index (χ4v) is 8.24. The van der Waals surface area contributed by atoms with Gasteiger partial charge in [0.15, 0.2) is 0 Å². The van der Waals surface area contributed by atoms with Gasteiger partial charge in [-0.2, -0.15) is 13.2 Å². The van der Waals surface area contributed by atoms with Gasteiger partial charge in [0.25, 0.3) is 0 Å². The fraction of sp³-hybridized carbons (Fsp3) is 0.383. The van der Waals surface area contributed by atoms with E-state index in [1.54, 1.807) is 17.3 Å². The molecule has 3 atom stereocenters. The van der Waals surface area contributed by atoms with Crippen molar-refractivity contribution in [1.82, 2.24) is 35.1 Å². The molecule has 0 bridgehead atoms. The highest BCUT2D eigenvalue weighted by atomic mass is 19.4. The van der Waals surface area contributed by atoms with Crippen molar-refractivity contribution in [3.63, 3.8) is 0 Å². The Morgan fingerprint density at radius 2 is 1.30 bits per heavy atom. The third kappa shape index (κ3) is 9.74. The number of likely N-dealkylation sites (tertiary alicyclic amines) is 2. The maximum absolute atomic E-state index is 13.6. The summed E-state index contributed by atoms with van der Waals surface area (Å²) in [6, 6.07) is 19.6. The molecule has 61 heavy (non-hydrogen) atoms. The average molecular weight is 836 g/mol. The predicted octanol–water partition coefficient (Wildman–Crippen LogP) is 9.83. The number of imidazole rings is 2. The van der Waals surface area contributed by atoms with Crippen molar-refractivity contribution >= 4 is 29.6 Å². The molecule has 5 aromatic rings. The Morgan fingerprint density at radius 3 is 1.80 bits per heavy atom. The Bertz CT molecular complexity index is 2350. The van der Waals surface area contributed by atoms with E-state index in [0.29, 0.717) is 30.8 Å². The van der Waals surface area contributed by atoms with Gasteiger partial charge in [-0.25, -0.2) is 14.8 Å². The van der Waals surface area contributed by atoms with Crippen LogP contribution < -0.4 is 5.32 Å². The molecule has 7 rings (SSSR count). The molecule has 0 spiro atoms. The number of H-pyrrole nitrogens is 2. The lowest BCUT2D eigenvalue weighted by atomic mass is 9.93. The Hall–Kier alpha value is -6.18. The third-order valence-electron chi connectivity index (χ3n) is 11.5. The molecule has 2 saturated heterocycles. The number of hydrogen-bond acceptors (Lipinski definition) is 6. The topological polar surface area (TPSA) is 136 Å². The highest BCUT2D eigenvalue weighted by Crippen LogP contribution is 2.36. The van der Waals surface area contributed by atoms with Crippen LogP contribution in [-0.2, 0) is 20.5 Å². The van der Waals surface area contributed by atoms with E-state index >= 15 is 0 Å². The van der Waals surface area contributed by atoms with Crippen LogP contribution in [0.3, 0.4) is 0 Å². The van der Waals surface area contributed by atoms with E-state index in [9.17, 15) is 27.6 Å². The van der Waals surface area contributed by atoms with Gasteiger partial charge >= 0.3 is 12.3 Å². The van der Waals surface area contributed by atoms with Crippen LogP contribution >= 0.6 is 0 Å². The summed E-state index contributed by atoms with van der Waals surface area (Å²) in [5.41, 5.74) is 5.59. The van der Waals surface area contributed by atoms with Crippen molar-refractivity contribution in [3.8, 4) is 22.5 Å². The molecule has 11 nitrogen and oxygen atoms in total. The number of carbonyl (C=O) groups is 3. The summed E-state index contributed by atoms with van der Waals surface area (Å²) >= 11 is 0. The van der Waals surface area contributed by atoms with Gasteiger partial charge in [-0.15, -0.1) is 0 Å². The Balaban J connectivity index is 1.12. The number of methoxy groups -OCH3 is 1. The first-order chi connectivity index (χ1) is 29.2. The number of nitrogens with zero attached hydrogens (tertiary/aromatic N) is 4. The molecule has 4 heterocycles. The first-order valence-electron chi connectivity index (χ1n) is 20.8. The smallest absolute Gasteiger partial charge is 0.416 e. The number of alkyl halides is 3. The number of rotatable bonds is 12. The van der Waals surface area contributed by atoms with E-state index in [0.717, 1.165) is 83.0 Å². The van der Waals surface area contributed by atoms with E-state index in [1.165, 1.54) is 19.2 Å². The minimum absolute atomic E-state index is 0.0793. The summed E-state index contributed by atoms with van der Waals surface area (Å²) in [5.74, 6) is 1.49. The van der Waals surface area contributed by atoms with Gasteiger partial charge in [-0.1, -0.05) is 88.4 Å². The molecule has 2 fully saturated rings. The molecule has 0 radical (unpaired) electrons. The lowest BCUT2D eigenvalue weighted by molar-refractivity contribution is -0.137. The standard InChI is InChI=1S/C47H52F3N7O4/c1-28(2)24-41(58)56-22-6-8-39(56)43-51-26-37(53-43)33-12-10-30(11-13-33)25-36(32-18-20-35(21-19-32)47(48,49)50)31-14-16-34(17-15-31)38-27-52-44(54-38)40-9-7-23-57(40)45(59)42(29(3)4)55-46(60)61-5/h10-21,25-29,39-40,42H,6-9,22-24H2,1-5H3,(H,51,53)(H,52,54)(H,55,60)/t39-,40-,42-/m0/s1. The van der Waals surface area contributed by atoms with Crippen molar-refractivity contribution in [2.75, 3.05) is 20.2 Å². The van der Waals surface area contributed by atoms with E-state index in [1.807, 2.05) is 87.2 Å². The SMILES string of the molecule is COC(=O)N[C@H](C(=O)N1CCC[C@H]1c1ncc(-c2ccc(C(=Cc3ccc(-c4cnc([C@@H]5CCCN5C(=O)CC(C)C)[nH]4)cc3)c3ccc(C(F)(F)F)cc3)cc2)[nH]1)C(C)C. The van der Waals surface area contributed by atoms with Crippen LogP contribution in [-0.4, -0.2) is 73.9 Å². The highest BCUT2D eigenvalue weighted by molar-refractivity contribution is 5.92. The first-order valence-corrected chi connectivity index (χ1v) is 20.8. The fourth-order valence-electron chi connectivity index (χ4n) is 8.24. The van der Waals surface area contributed by atoms with Crippen LogP contribution in [0.1, 0.15) is 106 Å². The van der Waals surface area contributed by atoms with Gasteiger partial charge in [0, 0.05) is 19.5 Å². The maximum Gasteiger partial charge on any atom is 0.416 e. The summed E-state index contributed by atoms with van der Waals surface area (Å²) < 4.78 is 45.4. The molecule has 14 heteroatoms. The van der Waals surface area contributed by atoms with Crippen LogP contribution in [0.5, 0.6) is 0 Å². The first kappa shape index (κ1) is 42.9. The van der Waals surface area contributed by atoms with Gasteiger partial charge in [0.05, 0.1) is 48.5 Å². The van der Waals surface area contributed by atoms with Crippen molar-refractivity contribution in [1.29, 1.82) is 0 Å². The van der Waals surface area contributed by atoms with E-state index < -0.39 is 23.9 Å². The van der Waals surface area contributed by atoms with Gasteiger partial charge in [-0.3, -0.25) is 9.59 Å². The summed E-state index contributed by atoms with van der Waals surface area (Å²) in [4.78, 5) is 58.4. The van der Waals surface area contributed by atoms with Crippen LogP contribution in [0.15, 0.2) is 85.2 Å². The van der Waals surface area contributed by atoms with Crippen molar-refractivity contribution in [2.45, 2.75) is 84.1 Å².